The van der Waals surface area contributed by atoms with Crippen LogP contribution in [0.5, 0.6) is 0 Å². The second kappa shape index (κ2) is 5.12. The lowest BCUT2D eigenvalue weighted by atomic mass is 10.1. The van der Waals surface area contributed by atoms with Gasteiger partial charge >= 0.3 is 0 Å². The molecule has 1 aromatic carbocycles. The van der Waals surface area contributed by atoms with E-state index in [1.54, 1.807) is 23.5 Å². The highest BCUT2D eigenvalue weighted by Gasteiger charge is 2.18. The molecule has 0 fully saturated rings. The first-order valence-electron chi connectivity index (χ1n) is 5.13. The second-order valence-corrected chi connectivity index (χ2v) is 4.96. The Labute approximate surface area is 109 Å². The van der Waals surface area contributed by atoms with E-state index in [0.717, 1.165) is 10.5 Å². The summed E-state index contributed by atoms with van der Waals surface area (Å²) >= 11 is 7.67. The molecule has 1 aromatic heterocycles. The van der Waals surface area contributed by atoms with Crippen LogP contribution in [0.4, 0.5) is 0 Å². The van der Waals surface area contributed by atoms with Gasteiger partial charge in [-0.2, -0.15) is 5.10 Å². The van der Waals surface area contributed by atoms with Crippen molar-refractivity contribution in [2.24, 2.45) is 7.05 Å². The number of aromatic nitrogens is 2. The van der Waals surface area contributed by atoms with Crippen molar-refractivity contribution in [1.29, 1.82) is 0 Å². The summed E-state index contributed by atoms with van der Waals surface area (Å²) in [6, 6.07) is 7.76. The van der Waals surface area contributed by atoms with Gasteiger partial charge < -0.3 is 5.11 Å². The summed E-state index contributed by atoms with van der Waals surface area (Å²) in [4.78, 5) is 1.16. The summed E-state index contributed by atoms with van der Waals surface area (Å²) in [6.07, 6.45) is 2.81. The first kappa shape index (κ1) is 12.5. The molecular formula is C12H13ClN2OS. The summed E-state index contributed by atoms with van der Waals surface area (Å²) in [7, 11) is 1.76. The largest absolute Gasteiger partial charge is 0.382 e. The summed E-state index contributed by atoms with van der Waals surface area (Å²) in [6.45, 7) is 0. The average molecular weight is 269 g/mol. The van der Waals surface area contributed by atoms with Gasteiger partial charge in [-0.1, -0.05) is 23.7 Å². The minimum atomic E-state index is -0.745. The quantitative estimate of drug-likeness (QED) is 0.870. The molecule has 17 heavy (non-hydrogen) atoms. The van der Waals surface area contributed by atoms with Crippen LogP contribution in [0.2, 0.25) is 5.02 Å². The third-order valence-corrected chi connectivity index (χ3v) is 3.66. The van der Waals surface area contributed by atoms with Gasteiger partial charge in [0.1, 0.15) is 6.10 Å². The number of benzene rings is 1. The van der Waals surface area contributed by atoms with Crippen molar-refractivity contribution in [2.75, 3.05) is 6.26 Å². The summed E-state index contributed by atoms with van der Waals surface area (Å²) in [5.41, 5.74) is 1.43. The fourth-order valence-corrected chi connectivity index (χ4v) is 2.35. The Bertz CT molecular complexity index is 490. The smallest absolute Gasteiger partial charge is 0.122 e. The van der Waals surface area contributed by atoms with Gasteiger partial charge in [-0.05, 0) is 24.0 Å². The molecule has 1 heterocycles. The van der Waals surface area contributed by atoms with E-state index in [-0.39, 0.29) is 0 Å². The number of hydrogen-bond acceptors (Lipinski definition) is 3. The molecule has 0 bridgehead atoms. The molecule has 0 saturated heterocycles. The normalized spacial score (nSPS) is 12.7. The zero-order valence-corrected chi connectivity index (χ0v) is 11.2. The van der Waals surface area contributed by atoms with Gasteiger partial charge in [0, 0.05) is 11.9 Å². The van der Waals surface area contributed by atoms with E-state index in [1.165, 1.54) is 6.20 Å². The highest BCUT2D eigenvalue weighted by molar-refractivity contribution is 7.98. The predicted octanol–water partition coefficient (Wildman–Crippen LogP) is 2.88. The molecule has 0 saturated carbocycles. The SMILES string of the molecule is CSc1ccc(C(O)c2c(Cl)cnn2C)cc1. The molecule has 5 heteroatoms. The van der Waals surface area contributed by atoms with Crippen molar-refractivity contribution in [1.82, 2.24) is 9.78 Å². The predicted molar refractivity (Wildman–Crippen MR) is 70.5 cm³/mol. The number of thioether (sulfide) groups is 1. The van der Waals surface area contributed by atoms with Crippen LogP contribution in [-0.2, 0) is 7.05 Å². The first-order valence-corrected chi connectivity index (χ1v) is 6.73. The molecule has 1 unspecified atom stereocenters. The Kier molecular flexibility index (Phi) is 3.76. The van der Waals surface area contributed by atoms with Crippen molar-refractivity contribution in [3.05, 3.63) is 46.7 Å². The fourth-order valence-electron chi connectivity index (χ4n) is 1.67. The molecule has 0 aliphatic rings. The van der Waals surface area contributed by atoms with Gasteiger partial charge in [0.05, 0.1) is 16.9 Å². The van der Waals surface area contributed by atoms with E-state index in [4.69, 9.17) is 11.6 Å². The molecular weight excluding hydrogens is 256 g/mol. The van der Waals surface area contributed by atoms with Crippen LogP contribution in [0.1, 0.15) is 17.4 Å². The maximum absolute atomic E-state index is 10.3. The van der Waals surface area contributed by atoms with Crippen LogP contribution in [0, 0.1) is 0 Å². The highest BCUT2D eigenvalue weighted by atomic mass is 35.5. The Morgan fingerprint density at radius 3 is 2.47 bits per heavy atom. The van der Waals surface area contributed by atoms with Crippen LogP contribution >= 0.6 is 23.4 Å². The average Bonchev–Trinajstić information content (AvgIpc) is 2.68. The van der Waals surface area contributed by atoms with Crippen molar-refractivity contribution < 1.29 is 5.11 Å². The lowest BCUT2D eigenvalue weighted by Gasteiger charge is -2.12. The molecule has 1 atom stereocenters. The monoisotopic (exact) mass is 268 g/mol. The van der Waals surface area contributed by atoms with E-state index in [9.17, 15) is 5.11 Å². The molecule has 0 radical (unpaired) electrons. The molecule has 0 aliphatic heterocycles. The third kappa shape index (κ3) is 2.49. The number of rotatable bonds is 3. The van der Waals surface area contributed by atoms with E-state index in [0.29, 0.717) is 10.7 Å². The molecule has 0 aliphatic carbocycles. The van der Waals surface area contributed by atoms with Crippen LogP contribution < -0.4 is 0 Å². The van der Waals surface area contributed by atoms with Crippen molar-refractivity contribution in [3.8, 4) is 0 Å². The Morgan fingerprint density at radius 2 is 2.00 bits per heavy atom. The zero-order valence-electron chi connectivity index (χ0n) is 9.59. The maximum Gasteiger partial charge on any atom is 0.122 e. The summed E-state index contributed by atoms with van der Waals surface area (Å²) in [5, 5.41) is 14.8. The number of halogens is 1. The minimum absolute atomic E-state index is 0.481. The molecule has 90 valence electrons. The number of aryl methyl sites for hydroxylation is 1. The van der Waals surface area contributed by atoms with Crippen LogP contribution in [0.15, 0.2) is 35.4 Å². The van der Waals surface area contributed by atoms with Crippen molar-refractivity contribution in [2.45, 2.75) is 11.0 Å². The Hall–Kier alpha value is -0.970. The maximum atomic E-state index is 10.3. The van der Waals surface area contributed by atoms with Crippen molar-refractivity contribution >= 4 is 23.4 Å². The van der Waals surface area contributed by atoms with Gasteiger partial charge in [-0.15, -0.1) is 11.8 Å². The minimum Gasteiger partial charge on any atom is -0.382 e. The van der Waals surface area contributed by atoms with Crippen LogP contribution in [0.3, 0.4) is 0 Å². The topological polar surface area (TPSA) is 38.1 Å². The third-order valence-electron chi connectivity index (χ3n) is 2.63. The Balaban J connectivity index is 2.33. The number of hydrogen-bond donors (Lipinski definition) is 1. The molecule has 0 amide bonds. The van der Waals surface area contributed by atoms with E-state index in [2.05, 4.69) is 5.10 Å². The number of aliphatic hydroxyl groups excluding tert-OH is 1. The van der Waals surface area contributed by atoms with E-state index < -0.39 is 6.10 Å². The number of nitrogens with zero attached hydrogens (tertiary/aromatic N) is 2. The van der Waals surface area contributed by atoms with Gasteiger partial charge in [-0.3, -0.25) is 4.68 Å². The Morgan fingerprint density at radius 1 is 1.35 bits per heavy atom. The lowest BCUT2D eigenvalue weighted by molar-refractivity contribution is 0.210. The molecule has 2 rings (SSSR count). The van der Waals surface area contributed by atoms with E-state index in [1.807, 2.05) is 30.5 Å². The van der Waals surface area contributed by atoms with Gasteiger partial charge in [0.2, 0.25) is 0 Å². The van der Waals surface area contributed by atoms with Gasteiger partial charge in [-0.25, -0.2) is 0 Å². The van der Waals surface area contributed by atoms with Crippen molar-refractivity contribution in [3.63, 3.8) is 0 Å². The number of aliphatic hydroxyl groups is 1. The standard InChI is InChI=1S/C12H13ClN2OS/c1-15-11(10(13)7-14-15)12(16)8-3-5-9(17-2)6-4-8/h3-7,12,16H,1-2H3. The molecule has 1 N–H and O–H groups in total. The highest BCUT2D eigenvalue weighted by Crippen LogP contribution is 2.28. The molecule has 0 spiro atoms. The van der Waals surface area contributed by atoms with Gasteiger partial charge in [0.15, 0.2) is 0 Å². The molecule has 3 nitrogen and oxygen atoms in total. The zero-order chi connectivity index (χ0) is 12.4. The van der Waals surface area contributed by atoms with Crippen LogP contribution in [-0.4, -0.2) is 21.1 Å². The van der Waals surface area contributed by atoms with E-state index >= 15 is 0 Å². The van der Waals surface area contributed by atoms with Gasteiger partial charge in [0.25, 0.3) is 0 Å². The fraction of sp³-hybridized carbons (Fsp3) is 0.250. The van der Waals surface area contributed by atoms with Crippen LogP contribution in [0.25, 0.3) is 0 Å². The second-order valence-electron chi connectivity index (χ2n) is 3.68. The lowest BCUT2D eigenvalue weighted by Crippen LogP contribution is -2.07. The molecule has 2 aromatic rings. The first-order chi connectivity index (χ1) is 8.13. The summed E-state index contributed by atoms with van der Waals surface area (Å²) in [5.74, 6) is 0. The summed E-state index contributed by atoms with van der Waals surface area (Å²) < 4.78 is 1.59.